The molecular formula is C15H14BrN5O2. The molecule has 0 aliphatic rings. The van der Waals surface area contributed by atoms with Crippen LogP contribution >= 0.6 is 15.9 Å². The van der Waals surface area contributed by atoms with Crippen LogP contribution in [0, 0.1) is 0 Å². The van der Waals surface area contributed by atoms with E-state index in [4.69, 9.17) is 4.74 Å². The number of anilines is 1. The number of rotatable bonds is 5. The molecule has 0 unspecified atom stereocenters. The first-order chi connectivity index (χ1) is 11.2. The molecular weight excluding hydrogens is 362 g/mol. The SMILES string of the molecule is O=C(NCCOc1cccnc1)Nc1cc2cc(Br)ccn2n1. The molecule has 2 amide bonds. The summed E-state index contributed by atoms with van der Waals surface area (Å²) in [5.41, 5.74) is 0.884. The molecule has 23 heavy (non-hydrogen) atoms. The minimum Gasteiger partial charge on any atom is -0.490 e. The fraction of sp³-hybridized carbons (Fsp3) is 0.133. The van der Waals surface area contributed by atoms with E-state index in [0.29, 0.717) is 24.7 Å². The summed E-state index contributed by atoms with van der Waals surface area (Å²) in [4.78, 5) is 15.8. The van der Waals surface area contributed by atoms with Crippen LogP contribution in [0.25, 0.3) is 5.52 Å². The van der Waals surface area contributed by atoms with Crippen LogP contribution in [0.2, 0.25) is 0 Å². The first-order valence-electron chi connectivity index (χ1n) is 6.93. The van der Waals surface area contributed by atoms with Gasteiger partial charge in [0.25, 0.3) is 0 Å². The molecule has 0 aromatic carbocycles. The van der Waals surface area contributed by atoms with E-state index in [0.717, 1.165) is 9.99 Å². The minimum absolute atomic E-state index is 0.331. The fourth-order valence-corrected chi connectivity index (χ4v) is 2.31. The molecule has 8 heteroatoms. The van der Waals surface area contributed by atoms with Crippen molar-refractivity contribution >= 4 is 33.3 Å². The third kappa shape index (κ3) is 4.19. The van der Waals surface area contributed by atoms with Gasteiger partial charge in [-0.25, -0.2) is 9.31 Å². The summed E-state index contributed by atoms with van der Waals surface area (Å²) in [6, 6.07) is 8.84. The molecule has 0 bridgehead atoms. The normalized spacial score (nSPS) is 10.5. The topological polar surface area (TPSA) is 80.5 Å². The van der Waals surface area contributed by atoms with Gasteiger partial charge in [-0.3, -0.25) is 10.3 Å². The quantitative estimate of drug-likeness (QED) is 0.671. The van der Waals surface area contributed by atoms with Crippen LogP contribution in [-0.2, 0) is 0 Å². The van der Waals surface area contributed by atoms with E-state index in [1.807, 2.05) is 24.4 Å². The Kier molecular flexibility index (Phi) is 4.72. The molecule has 0 radical (unpaired) electrons. The van der Waals surface area contributed by atoms with Gasteiger partial charge in [-0.1, -0.05) is 15.9 Å². The van der Waals surface area contributed by atoms with E-state index in [2.05, 4.69) is 36.6 Å². The predicted molar refractivity (Wildman–Crippen MR) is 89.6 cm³/mol. The van der Waals surface area contributed by atoms with Crippen LogP contribution in [0.15, 0.2) is 53.4 Å². The number of fused-ring (bicyclic) bond motifs is 1. The Hall–Kier alpha value is -2.61. The van der Waals surface area contributed by atoms with Gasteiger partial charge in [0.2, 0.25) is 0 Å². The Morgan fingerprint density at radius 3 is 3.09 bits per heavy atom. The Labute approximate surface area is 140 Å². The zero-order valence-corrected chi connectivity index (χ0v) is 13.7. The average molecular weight is 376 g/mol. The van der Waals surface area contributed by atoms with E-state index >= 15 is 0 Å². The number of hydrogen-bond acceptors (Lipinski definition) is 4. The number of ether oxygens (including phenoxy) is 1. The van der Waals surface area contributed by atoms with Crippen molar-refractivity contribution in [3.63, 3.8) is 0 Å². The number of hydrogen-bond donors (Lipinski definition) is 2. The second kappa shape index (κ2) is 7.10. The number of urea groups is 1. The number of carbonyl (C=O) groups excluding carboxylic acids is 1. The standard InChI is InChI=1S/C15H14BrN5O2/c16-11-3-6-21-12(8-11)9-14(20-21)19-15(22)18-5-7-23-13-2-1-4-17-10-13/h1-4,6,8-10H,5,7H2,(H2,18,19,20,22). The highest BCUT2D eigenvalue weighted by Gasteiger charge is 2.06. The zero-order valence-electron chi connectivity index (χ0n) is 12.1. The summed E-state index contributed by atoms with van der Waals surface area (Å²) < 4.78 is 8.08. The van der Waals surface area contributed by atoms with Crippen LogP contribution in [0.5, 0.6) is 5.75 Å². The van der Waals surface area contributed by atoms with Crippen LogP contribution in [-0.4, -0.2) is 33.8 Å². The zero-order chi connectivity index (χ0) is 16.1. The molecule has 2 N–H and O–H groups in total. The summed E-state index contributed by atoms with van der Waals surface area (Å²) in [7, 11) is 0. The molecule has 3 aromatic rings. The molecule has 7 nitrogen and oxygen atoms in total. The van der Waals surface area contributed by atoms with Gasteiger partial charge in [0.15, 0.2) is 5.82 Å². The number of nitrogens with one attached hydrogen (secondary N) is 2. The van der Waals surface area contributed by atoms with E-state index in [9.17, 15) is 4.79 Å². The van der Waals surface area contributed by atoms with Crippen molar-refractivity contribution in [3.05, 3.63) is 53.4 Å². The lowest BCUT2D eigenvalue weighted by molar-refractivity contribution is 0.247. The van der Waals surface area contributed by atoms with Crippen LogP contribution in [0.1, 0.15) is 0 Å². The van der Waals surface area contributed by atoms with Crippen molar-refractivity contribution in [2.75, 3.05) is 18.5 Å². The molecule has 118 valence electrons. The summed E-state index contributed by atoms with van der Waals surface area (Å²) in [5, 5.41) is 9.64. The average Bonchev–Trinajstić information content (AvgIpc) is 2.94. The fourth-order valence-electron chi connectivity index (χ4n) is 1.95. The number of aromatic nitrogens is 3. The van der Waals surface area contributed by atoms with Gasteiger partial charge in [0.1, 0.15) is 12.4 Å². The Morgan fingerprint density at radius 1 is 1.35 bits per heavy atom. The van der Waals surface area contributed by atoms with Gasteiger partial charge in [-0.2, -0.15) is 0 Å². The molecule has 3 heterocycles. The lowest BCUT2D eigenvalue weighted by atomic mass is 10.4. The Bertz CT molecular complexity index is 806. The molecule has 0 fully saturated rings. The second-order valence-electron chi connectivity index (χ2n) is 4.66. The van der Waals surface area contributed by atoms with E-state index in [-0.39, 0.29) is 6.03 Å². The van der Waals surface area contributed by atoms with Crippen LogP contribution < -0.4 is 15.4 Å². The van der Waals surface area contributed by atoms with Crippen molar-refractivity contribution in [3.8, 4) is 5.75 Å². The van der Waals surface area contributed by atoms with E-state index < -0.39 is 0 Å². The first kappa shape index (κ1) is 15.3. The maximum atomic E-state index is 11.8. The molecule has 0 spiro atoms. The van der Waals surface area contributed by atoms with Crippen molar-refractivity contribution in [2.24, 2.45) is 0 Å². The highest BCUT2D eigenvalue weighted by Crippen LogP contribution is 2.16. The van der Waals surface area contributed by atoms with Crippen LogP contribution in [0.4, 0.5) is 10.6 Å². The van der Waals surface area contributed by atoms with Gasteiger partial charge in [0.05, 0.1) is 18.3 Å². The van der Waals surface area contributed by atoms with Gasteiger partial charge in [0, 0.05) is 22.9 Å². The predicted octanol–water partition coefficient (Wildman–Crippen LogP) is 2.69. The molecule has 3 aromatic heterocycles. The van der Waals surface area contributed by atoms with Gasteiger partial charge in [-0.15, -0.1) is 5.10 Å². The maximum Gasteiger partial charge on any atom is 0.320 e. The molecule has 0 atom stereocenters. The van der Waals surface area contributed by atoms with Crippen molar-refractivity contribution in [1.29, 1.82) is 0 Å². The number of halogens is 1. The highest BCUT2D eigenvalue weighted by atomic mass is 79.9. The third-order valence-electron chi connectivity index (χ3n) is 2.96. The van der Waals surface area contributed by atoms with Gasteiger partial charge >= 0.3 is 6.03 Å². The Morgan fingerprint density at radius 2 is 2.26 bits per heavy atom. The molecule has 0 aliphatic carbocycles. The lowest BCUT2D eigenvalue weighted by Gasteiger charge is -2.07. The summed E-state index contributed by atoms with van der Waals surface area (Å²) in [6.07, 6.45) is 5.10. The summed E-state index contributed by atoms with van der Waals surface area (Å²) >= 11 is 3.39. The number of carbonyl (C=O) groups is 1. The van der Waals surface area contributed by atoms with Crippen molar-refractivity contribution in [1.82, 2.24) is 19.9 Å². The van der Waals surface area contributed by atoms with Crippen molar-refractivity contribution < 1.29 is 9.53 Å². The largest absolute Gasteiger partial charge is 0.490 e. The summed E-state index contributed by atoms with van der Waals surface area (Å²) in [6.45, 7) is 0.733. The number of nitrogens with zero attached hydrogens (tertiary/aromatic N) is 3. The molecule has 0 saturated carbocycles. The first-order valence-corrected chi connectivity index (χ1v) is 7.72. The van der Waals surface area contributed by atoms with Crippen molar-refractivity contribution in [2.45, 2.75) is 0 Å². The van der Waals surface area contributed by atoms with Gasteiger partial charge < -0.3 is 10.1 Å². The molecule has 0 aliphatic heterocycles. The van der Waals surface area contributed by atoms with E-state index in [1.165, 1.54) is 0 Å². The minimum atomic E-state index is -0.331. The maximum absolute atomic E-state index is 11.8. The molecule has 3 rings (SSSR count). The smallest absolute Gasteiger partial charge is 0.320 e. The number of pyridine rings is 2. The second-order valence-corrected chi connectivity index (χ2v) is 5.58. The third-order valence-corrected chi connectivity index (χ3v) is 3.45. The number of amides is 2. The monoisotopic (exact) mass is 375 g/mol. The van der Waals surface area contributed by atoms with Gasteiger partial charge in [-0.05, 0) is 24.3 Å². The molecule has 0 saturated heterocycles. The highest BCUT2D eigenvalue weighted by molar-refractivity contribution is 9.10. The van der Waals surface area contributed by atoms with E-state index in [1.54, 1.807) is 29.0 Å². The summed E-state index contributed by atoms with van der Waals surface area (Å²) in [5.74, 6) is 1.15. The Balaban J connectivity index is 1.46. The van der Waals surface area contributed by atoms with Crippen LogP contribution in [0.3, 0.4) is 0 Å². The lowest BCUT2D eigenvalue weighted by Crippen LogP contribution is -2.32.